The average Bonchev–Trinajstić information content (AvgIpc) is 2.91. The maximum absolute atomic E-state index is 14.3. The number of methoxy groups -OCH3 is 2. The molecule has 3 rings (SSSR count). The Morgan fingerprint density at radius 3 is 2.70 bits per heavy atom. The highest BCUT2D eigenvalue weighted by atomic mass is 35.5. The number of ether oxygens (including phenoxy) is 2. The summed E-state index contributed by atoms with van der Waals surface area (Å²) in [7, 11) is 2.79. The number of benzene rings is 1. The van der Waals surface area contributed by atoms with Crippen molar-refractivity contribution in [2.75, 3.05) is 14.2 Å². The molecule has 0 aliphatic heterocycles. The monoisotopic (exact) mass is 340 g/mol. The van der Waals surface area contributed by atoms with E-state index in [9.17, 15) is 8.78 Å². The van der Waals surface area contributed by atoms with Crippen LogP contribution >= 0.6 is 11.6 Å². The first kappa shape index (κ1) is 15.6. The van der Waals surface area contributed by atoms with Crippen LogP contribution in [0.4, 0.5) is 8.78 Å². The van der Waals surface area contributed by atoms with Crippen molar-refractivity contribution < 1.29 is 18.3 Å². The lowest BCUT2D eigenvalue weighted by molar-refractivity contribution is 0.178. The normalized spacial score (nSPS) is 11.2. The highest BCUT2D eigenvalue weighted by Crippen LogP contribution is 2.30. The van der Waals surface area contributed by atoms with Crippen molar-refractivity contribution in [1.82, 2.24) is 19.7 Å². The molecule has 2 aromatic heterocycles. The summed E-state index contributed by atoms with van der Waals surface area (Å²) in [6.45, 7) is 0.129. The summed E-state index contributed by atoms with van der Waals surface area (Å²) in [5.41, 5.74) is 0.197. The van der Waals surface area contributed by atoms with Gasteiger partial charge in [0.05, 0.1) is 18.7 Å². The van der Waals surface area contributed by atoms with Crippen LogP contribution in [0.15, 0.2) is 18.3 Å². The molecule has 3 aromatic rings. The summed E-state index contributed by atoms with van der Waals surface area (Å²) < 4.78 is 38.8. The number of nitrogens with zero attached hydrogens (tertiary/aromatic N) is 4. The molecule has 6 nitrogen and oxygen atoms in total. The summed E-state index contributed by atoms with van der Waals surface area (Å²) in [6.07, 6.45) is 1.40. The van der Waals surface area contributed by atoms with Gasteiger partial charge in [-0.3, -0.25) is 0 Å². The molecule has 9 heteroatoms. The van der Waals surface area contributed by atoms with Crippen molar-refractivity contribution >= 4 is 22.6 Å². The van der Waals surface area contributed by atoms with Crippen molar-refractivity contribution in [3.05, 3.63) is 40.9 Å². The van der Waals surface area contributed by atoms with Gasteiger partial charge >= 0.3 is 0 Å². The van der Waals surface area contributed by atoms with E-state index in [1.54, 1.807) is 0 Å². The van der Waals surface area contributed by atoms with Crippen LogP contribution < -0.4 is 4.74 Å². The molecule has 0 radical (unpaired) electrons. The molecule has 0 aliphatic rings. The van der Waals surface area contributed by atoms with E-state index in [-0.39, 0.29) is 28.8 Å². The standard InChI is InChI=1S/C14H11ClF2N4O2/c1-22-6-11-19-13(15)8-5-18-21(14(8)20-11)12-9(17)3-7(16)4-10(12)23-2/h3-5H,6H2,1-2H3. The summed E-state index contributed by atoms with van der Waals surface area (Å²) in [5.74, 6) is -1.30. The van der Waals surface area contributed by atoms with Gasteiger partial charge in [0, 0.05) is 19.2 Å². The topological polar surface area (TPSA) is 62.1 Å². The minimum atomic E-state index is -0.838. The maximum atomic E-state index is 14.3. The maximum Gasteiger partial charge on any atom is 0.168 e. The first-order chi connectivity index (χ1) is 11.0. The van der Waals surface area contributed by atoms with Gasteiger partial charge < -0.3 is 9.47 Å². The third-order valence-electron chi connectivity index (χ3n) is 3.13. The van der Waals surface area contributed by atoms with Crippen LogP contribution in [-0.4, -0.2) is 34.0 Å². The Kier molecular flexibility index (Phi) is 4.10. The van der Waals surface area contributed by atoms with Crippen molar-refractivity contribution in [2.45, 2.75) is 6.61 Å². The Labute approximate surface area is 134 Å². The van der Waals surface area contributed by atoms with Crippen LogP contribution in [0.2, 0.25) is 5.15 Å². The van der Waals surface area contributed by atoms with Gasteiger partial charge in [0.2, 0.25) is 0 Å². The minimum absolute atomic E-state index is 0.0180. The lowest BCUT2D eigenvalue weighted by Crippen LogP contribution is -2.06. The quantitative estimate of drug-likeness (QED) is 0.683. The molecular weight excluding hydrogens is 330 g/mol. The third-order valence-corrected chi connectivity index (χ3v) is 3.41. The van der Waals surface area contributed by atoms with Crippen LogP contribution in [0.1, 0.15) is 5.82 Å². The van der Waals surface area contributed by atoms with Crippen LogP contribution in [0.5, 0.6) is 5.75 Å². The van der Waals surface area contributed by atoms with E-state index in [0.717, 1.165) is 12.1 Å². The molecule has 0 spiro atoms. The van der Waals surface area contributed by atoms with Crippen molar-refractivity contribution in [3.8, 4) is 11.4 Å². The van der Waals surface area contributed by atoms with E-state index >= 15 is 0 Å². The molecule has 0 atom stereocenters. The molecule has 0 amide bonds. The predicted octanol–water partition coefficient (Wildman–Crippen LogP) is 2.90. The molecule has 1 aromatic carbocycles. The number of halogens is 3. The summed E-state index contributed by atoms with van der Waals surface area (Å²) in [6, 6.07) is 1.80. The molecule has 0 N–H and O–H groups in total. The van der Waals surface area contributed by atoms with Crippen molar-refractivity contribution in [1.29, 1.82) is 0 Å². The Bertz CT molecular complexity index is 885. The highest BCUT2D eigenvalue weighted by Gasteiger charge is 2.20. The first-order valence-corrected chi connectivity index (χ1v) is 6.85. The van der Waals surface area contributed by atoms with E-state index in [2.05, 4.69) is 15.1 Å². The summed E-state index contributed by atoms with van der Waals surface area (Å²) in [5, 5.41) is 4.66. The number of hydrogen-bond acceptors (Lipinski definition) is 5. The lowest BCUT2D eigenvalue weighted by atomic mass is 10.2. The predicted molar refractivity (Wildman–Crippen MR) is 78.9 cm³/mol. The molecule has 0 bridgehead atoms. The van der Waals surface area contributed by atoms with Crippen LogP contribution in [0.25, 0.3) is 16.7 Å². The zero-order valence-corrected chi connectivity index (χ0v) is 12.9. The van der Waals surface area contributed by atoms with Gasteiger partial charge in [-0.05, 0) is 0 Å². The molecule has 0 aliphatic carbocycles. The van der Waals surface area contributed by atoms with Crippen molar-refractivity contribution in [2.24, 2.45) is 0 Å². The number of fused-ring (bicyclic) bond motifs is 1. The summed E-state index contributed by atoms with van der Waals surface area (Å²) in [4.78, 5) is 8.33. The molecule has 0 unspecified atom stereocenters. The zero-order chi connectivity index (χ0) is 16.6. The van der Waals surface area contributed by atoms with Crippen LogP contribution in [-0.2, 0) is 11.3 Å². The molecule has 0 saturated heterocycles. The average molecular weight is 341 g/mol. The van der Waals surface area contributed by atoms with Gasteiger partial charge in [-0.2, -0.15) is 5.10 Å². The van der Waals surface area contributed by atoms with E-state index in [1.165, 1.54) is 25.1 Å². The Hall–Kier alpha value is -2.32. The van der Waals surface area contributed by atoms with E-state index in [0.29, 0.717) is 11.2 Å². The van der Waals surface area contributed by atoms with Gasteiger partial charge in [-0.15, -0.1) is 0 Å². The molecule has 0 saturated carbocycles. The fourth-order valence-electron chi connectivity index (χ4n) is 2.18. The molecule has 23 heavy (non-hydrogen) atoms. The Morgan fingerprint density at radius 1 is 1.22 bits per heavy atom. The van der Waals surface area contributed by atoms with E-state index in [1.807, 2.05) is 0 Å². The van der Waals surface area contributed by atoms with E-state index in [4.69, 9.17) is 21.1 Å². The molecule has 2 heterocycles. The zero-order valence-electron chi connectivity index (χ0n) is 12.2. The van der Waals surface area contributed by atoms with Crippen LogP contribution in [0.3, 0.4) is 0 Å². The lowest BCUT2D eigenvalue weighted by Gasteiger charge is -2.11. The van der Waals surface area contributed by atoms with Crippen molar-refractivity contribution in [3.63, 3.8) is 0 Å². The van der Waals surface area contributed by atoms with Gasteiger partial charge in [0.1, 0.15) is 23.3 Å². The smallest absolute Gasteiger partial charge is 0.168 e. The fraction of sp³-hybridized carbons (Fsp3) is 0.214. The largest absolute Gasteiger partial charge is 0.494 e. The molecule has 120 valence electrons. The van der Waals surface area contributed by atoms with Gasteiger partial charge in [0.25, 0.3) is 0 Å². The third kappa shape index (κ3) is 2.71. The second kappa shape index (κ2) is 6.05. The Morgan fingerprint density at radius 2 is 2.00 bits per heavy atom. The minimum Gasteiger partial charge on any atom is -0.494 e. The van der Waals surface area contributed by atoms with Gasteiger partial charge in [-0.1, -0.05) is 11.6 Å². The van der Waals surface area contributed by atoms with Crippen LogP contribution in [0, 0.1) is 11.6 Å². The van der Waals surface area contributed by atoms with E-state index < -0.39 is 11.6 Å². The SMILES string of the molecule is COCc1nc(Cl)c2cnn(-c3c(F)cc(F)cc3OC)c2n1. The first-order valence-electron chi connectivity index (χ1n) is 6.47. The highest BCUT2D eigenvalue weighted by molar-refractivity contribution is 6.33. The van der Waals surface area contributed by atoms with Gasteiger partial charge in [-0.25, -0.2) is 23.4 Å². The number of hydrogen-bond donors (Lipinski definition) is 0. The van der Waals surface area contributed by atoms with Gasteiger partial charge in [0.15, 0.2) is 23.0 Å². The molecule has 0 fully saturated rings. The number of aromatic nitrogens is 4. The Balaban J connectivity index is 2.29. The second-order valence-electron chi connectivity index (χ2n) is 4.60. The number of rotatable bonds is 4. The molecular formula is C14H11ClF2N4O2. The summed E-state index contributed by atoms with van der Waals surface area (Å²) >= 11 is 6.09. The fourth-order valence-corrected chi connectivity index (χ4v) is 2.41. The second-order valence-corrected chi connectivity index (χ2v) is 4.95.